The van der Waals surface area contributed by atoms with Crippen molar-refractivity contribution in [2.24, 2.45) is 0 Å². The molecule has 94 valence electrons. The molecule has 1 saturated carbocycles. The zero-order valence-electron chi connectivity index (χ0n) is 10.6. The van der Waals surface area contributed by atoms with E-state index in [2.05, 4.69) is 5.32 Å². The molecule has 1 atom stereocenters. The molecule has 1 fully saturated rings. The topological polar surface area (TPSA) is 41.5 Å². The molecule has 1 aliphatic carbocycles. The molecule has 1 aliphatic rings. The van der Waals surface area contributed by atoms with Crippen LogP contribution in [0.15, 0.2) is 24.3 Å². The van der Waals surface area contributed by atoms with E-state index in [1.807, 2.05) is 31.2 Å². The van der Waals surface area contributed by atoms with Crippen molar-refractivity contribution in [2.45, 2.75) is 37.8 Å². The number of benzene rings is 1. The third-order valence-electron chi connectivity index (χ3n) is 3.45. The van der Waals surface area contributed by atoms with Crippen LogP contribution in [0.3, 0.4) is 0 Å². The summed E-state index contributed by atoms with van der Waals surface area (Å²) in [5.74, 6) is 0.759. The van der Waals surface area contributed by atoms with Gasteiger partial charge in [-0.1, -0.05) is 25.1 Å². The van der Waals surface area contributed by atoms with Crippen molar-refractivity contribution in [3.63, 3.8) is 0 Å². The highest BCUT2D eigenvalue weighted by Gasteiger charge is 2.32. The average molecular weight is 235 g/mol. The Labute approximate surface area is 103 Å². The van der Waals surface area contributed by atoms with Gasteiger partial charge < -0.3 is 15.2 Å². The molecule has 17 heavy (non-hydrogen) atoms. The summed E-state index contributed by atoms with van der Waals surface area (Å²) >= 11 is 0. The molecule has 1 aromatic rings. The summed E-state index contributed by atoms with van der Waals surface area (Å²) in [5, 5.41) is 14.1. The van der Waals surface area contributed by atoms with Gasteiger partial charge in [-0.15, -0.1) is 0 Å². The van der Waals surface area contributed by atoms with Gasteiger partial charge in [0.05, 0.1) is 7.11 Å². The normalized spacial score (nSPS) is 18.8. The lowest BCUT2D eigenvalue weighted by atomic mass is 9.90. The summed E-state index contributed by atoms with van der Waals surface area (Å²) in [7, 11) is 1.64. The lowest BCUT2D eigenvalue weighted by molar-refractivity contribution is 0.0300. The first kappa shape index (κ1) is 12.4. The van der Waals surface area contributed by atoms with Crippen molar-refractivity contribution in [2.75, 3.05) is 13.7 Å². The smallest absolute Gasteiger partial charge is 0.124 e. The van der Waals surface area contributed by atoms with Gasteiger partial charge in [-0.25, -0.2) is 0 Å². The van der Waals surface area contributed by atoms with E-state index in [0.29, 0.717) is 19.0 Å². The molecule has 1 aromatic carbocycles. The molecule has 0 aliphatic heterocycles. The second-order valence-corrected chi connectivity index (χ2v) is 4.74. The molecular formula is C14H21NO2. The highest BCUT2D eigenvalue weighted by molar-refractivity contribution is 5.38. The summed E-state index contributed by atoms with van der Waals surface area (Å²) in [6, 6.07) is 8.30. The molecule has 3 heteroatoms. The Morgan fingerprint density at radius 2 is 2.12 bits per heavy atom. The number of ether oxygens (including phenoxy) is 1. The van der Waals surface area contributed by atoms with Crippen LogP contribution < -0.4 is 10.1 Å². The molecule has 0 amide bonds. The third-order valence-corrected chi connectivity index (χ3v) is 3.45. The van der Waals surface area contributed by atoms with Gasteiger partial charge in [-0.05, 0) is 25.3 Å². The van der Waals surface area contributed by atoms with Crippen molar-refractivity contribution >= 4 is 0 Å². The van der Waals surface area contributed by atoms with Crippen molar-refractivity contribution < 1.29 is 9.84 Å². The molecular weight excluding hydrogens is 214 g/mol. The SMILES string of the molecule is CCC(O)(CNC1CC1)c1ccccc1OC. The van der Waals surface area contributed by atoms with Gasteiger partial charge in [-0.3, -0.25) is 0 Å². The molecule has 0 spiro atoms. The first-order valence-electron chi connectivity index (χ1n) is 6.29. The van der Waals surface area contributed by atoms with Crippen molar-refractivity contribution in [1.29, 1.82) is 0 Å². The summed E-state index contributed by atoms with van der Waals surface area (Å²) in [5.41, 5.74) is 0.0352. The van der Waals surface area contributed by atoms with Crippen LogP contribution >= 0.6 is 0 Å². The zero-order valence-corrected chi connectivity index (χ0v) is 10.6. The van der Waals surface area contributed by atoms with Crippen molar-refractivity contribution in [3.05, 3.63) is 29.8 Å². The van der Waals surface area contributed by atoms with E-state index in [9.17, 15) is 5.11 Å². The lowest BCUT2D eigenvalue weighted by Crippen LogP contribution is -2.38. The van der Waals surface area contributed by atoms with Gasteiger partial charge in [-0.2, -0.15) is 0 Å². The molecule has 0 heterocycles. The highest BCUT2D eigenvalue weighted by Crippen LogP contribution is 2.33. The highest BCUT2D eigenvalue weighted by atomic mass is 16.5. The van der Waals surface area contributed by atoms with E-state index in [-0.39, 0.29) is 0 Å². The van der Waals surface area contributed by atoms with E-state index in [0.717, 1.165) is 11.3 Å². The molecule has 2 rings (SSSR count). The quantitative estimate of drug-likeness (QED) is 0.793. The number of aliphatic hydroxyl groups is 1. The maximum Gasteiger partial charge on any atom is 0.124 e. The number of methoxy groups -OCH3 is 1. The Hall–Kier alpha value is -1.06. The predicted octanol–water partition coefficient (Wildman–Crippen LogP) is 2.04. The number of para-hydroxylation sites is 1. The summed E-state index contributed by atoms with van der Waals surface area (Å²) < 4.78 is 5.33. The number of rotatable bonds is 6. The second-order valence-electron chi connectivity index (χ2n) is 4.74. The van der Waals surface area contributed by atoms with Gasteiger partial charge in [0.1, 0.15) is 11.4 Å². The first-order valence-corrected chi connectivity index (χ1v) is 6.29. The molecule has 0 aromatic heterocycles. The van der Waals surface area contributed by atoms with E-state index >= 15 is 0 Å². The average Bonchev–Trinajstić information content (AvgIpc) is 3.20. The van der Waals surface area contributed by atoms with Crippen LogP contribution in [0.25, 0.3) is 0 Å². The third kappa shape index (κ3) is 2.79. The van der Waals surface area contributed by atoms with Gasteiger partial charge in [0.25, 0.3) is 0 Å². The fourth-order valence-corrected chi connectivity index (χ4v) is 2.04. The minimum Gasteiger partial charge on any atom is -0.496 e. The minimum atomic E-state index is -0.838. The van der Waals surface area contributed by atoms with Gasteiger partial charge in [0, 0.05) is 18.2 Å². The second kappa shape index (κ2) is 5.07. The fourth-order valence-electron chi connectivity index (χ4n) is 2.04. The summed E-state index contributed by atoms with van der Waals surface area (Å²) in [4.78, 5) is 0. The minimum absolute atomic E-state index is 0.592. The van der Waals surface area contributed by atoms with E-state index in [1.165, 1.54) is 12.8 Å². The Bertz CT molecular complexity index is 376. The first-order chi connectivity index (χ1) is 8.19. The largest absolute Gasteiger partial charge is 0.496 e. The maximum atomic E-state index is 10.7. The number of nitrogens with one attached hydrogen (secondary N) is 1. The number of hydrogen-bond acceptors (Lipinski definition) is 3. The molecule has 1 unspecified atom stereocenters. The molecule has 0 radical (unpaired) electrons. The fraction of sp³-hybridized carbons (Fsp3) is 0.571. The van der Waals surface area contributed by atoms with Crippen LogP contribution in [0, 0.1) is 0 Å². The van der Waals surface area contributed by atoms with Crippen LogP contribution in [0.2, 0.25) is 0 Å². The van der Waals surface area contributed by atoms with Gasteiger partial charge in [0.2, 0.25) is 0 Å². The lowest BCUT2D eigenvalue weighted by Gasteiger charge is -2.29. The van der Waals surface area contributed by atoms with E-state index in [1.54, 1.807) is 7.11 Å². The molecule has 3 nitrogen and oxygen atoms in total. The van der Waals surface area contributed by atoms with Crippen LogP contribution in [0.4, 0.5) is 0 Å². The van der Waals surface area contributed by atoms with Crippen molar-refractivity contribution in [3.8, 4) is 5.75 Å². The monoisotopic (exact) mass is 235 g/mol. The van der Waals surface area contributed by atoms with Crippen LogP contribution in [0.5, 0.6) is 5.75 Å². The Morgan fingerprint density at radius 3 is 2.71 bits per heavy atom. The Morgan fingerprint density at radius 1 is 1.41 bits per heavy atom. The van der Waals surface area contributed by atoms with Crippen LogP contribution in [-0.2, 0) is 5.60 Å². The van der Waals surface area contributed by atoms with Crippen molar-refractivity contribution in [1.82, 2.24) is 5.32 Å². The van der Waals surface area contributed by atoms with Gasteiger partial charge in [0.15, 0.2) is 0 Å². The maximum absolute atomic E-state index is 10.7. The summed E-state index contributed by atoms with van der Waals surface area (Å²) in [6.45, 7) is 2.59. The Kier molecular flexibility index (Phi) is 3.69. The zero-order chi connectivity index (χ0) is 12.3. The Balaban J connectivity index is 2.18. The summed E-state index contributed by atoms with van der Waals surface area (Å²) in [6.07, 6.45) is 3.13. The standard InChI is InChI=1S/C14H21NO2/c1-3-14(16,10-15-11-8-9-11)12-6-4-5-7-13(12)17-2/h4-7,11,15-16H,3,8-10H2,1-2H3. The number of hydrogen-bond donors (Lipinski definition) is 2. The predicted molar refractivity (Wildman–Crippen MR) is 68.2 cm³/mol. The molecule has 0 bridgehead atoms. The molecule has 0 saturated heterocycles. The van der Waals surface area contributed by atoms with E-state index < -0.39 is 5.60 Å². The van der Waals surface area contributed by atoms with E-state index in [4.69, 9.17) is 4.74 Å². The molecule has 2 N–H and O–H groups in total. The van der Waals surface area contributed by atoms with Crippen LogP contribution in [-0.4, -0.2) is 24.8 Å². The van der Waals surface area contributed by atoms with Gasteiger partial charge >= 0.3 is 0 Å². The van der Waals surface area contributed by atoms with Crippen LogP contribution in [0.1, 0.15) is 31.7 Å².